The Balaban J connectivity index is 1.85. The normalized spacial score (nSPS) is 27.5. The van der Waals surface area contributed by atoms with Crippen LogP contribution in [0.1, 0.15) is 52.9 Å². The van der Waals surface area contributed by atoms with Crippen LogP contribution in [0.2, 0.25) is 0 Å². The summed E-state index contributed by atoms with van der Waals surface area (Å²) in [5, 5.41) is 3.52. The first-order valence-corrected chi connectivity index (χ1v) is 9.87. The number of hydrogen-bond acceptors (Lipinski definition) is 3. The van der Waals surface area contributed by atoms with Crippen LogP contribution in [0.15, 0.2) is 0 Å². The SMILES string of the molecule is CCC(C)C(C)NS(=O)(=O)N1CCCC(CNC2CC2)C1. The first kappa shape index (κ1) is 17.2. The molecule has 0 bridgehead atoms. The lowest BCUT2D eigenvalue weighted by atomic mass is 10.00. The maximum absolute atomic E-state index is 12.5. The highest BCUT2D eigenvalue weighted by Crippen LogP contribution is 2.22. The Hall–Kier alpha value is -0.170. The van der Waals surface area contributed by atoms with Crippen molar-refractivity contribution < 1.29 is 8.42 Å². The molecule has 2 N–H and O–H groups in total. The minimum atomic E-state index is -3.34. The quantitative estimate of drug-likeness (QED) is 0.716. The molecule has 3 atom stereocenters. The molecule has 2 rings (SSSR count). The summed E-state index contributed by atoms with van der Waals surface area (Å²) in [5.74, 6) is 0.812. The van der Waals surface area contributed by atoms with Gasteiger partial charge in [0.2, 0.25) is 0 Å². The number of rotatable bonds is 8. The zero-order chi connectivity index (χ0) is 15.5. The van der Waals surface area contributed by atoms with Gasteiger partial charge < -0.3 is 5.32 Å². The fourth-order valence-electron chi connectivity index (χ4n) is 2.81. The Kier molecular flexibility index (Phi) is 6.05. The van der Waals surface area contributed by atoms with E-state index in [0.29, 0.717) is 31.0 Å². The third-order valence-electron chi connectivity index (χ3n) is 4.93. The third kappa shape index (κ3) is 5.20. The Morgan fingerprint density at radius 2 is 1.95 bits per heavy atom. The molecule has 0 radical (unpaired) electrons. The molecule has 1 saturated carbocycles. The van der Waals surface area contributed by atoms with Crippen LogP contribution in [0.4, 0.5) is 0 Å². The second-order valence-corrected chi connectivity index (χ2v) is 8.55. The monoisotopic (exact) mass is 317 g/mol. The van der Waals surface area contributed by atoms with Crippen molar-refractivity contribution in [2.45, 2.75) is 65.0 Å². The molecule has 124 valence electrons. The largest absolute Gasteiger partial charge is 0.314 e. The minimum Gasteiger partial charge on any atom is -0.314 e. The van der Waals surface area contributed by atoms with Crippen LogP contribution >= 0.6 is 0 Å². The van der Waals surface area contributed by atoms with E-state index in [1.54, 1.807) is 4.31 Å². The van der Waals surface area contributed by atoms with Gasteiger partial charge in [0, 0.05) is 25.2 Å². The average Bonchev–Trinajstić information content (AvgIpc) is 3.28. The molecule has 1 saturated heterocycles. The van der Waals surface area contributed by atoms with E-state index in [1.807, 2.05) is 6.92 Å². The highest BCUT2D eigenvalue weighted by atomic mass is 32.2. The molecule has 0 aromatic rings. The van der Waals surface area contributed by atoms with E-state index in [4.69, 9.17) is 0 Å². The summed E-state index contributed by atoms with van der Waals surface area (Å²) < 4.78 is 29.5. The van der Waals surface area contributed by atoms with Gasteiger partial charge in [-0.1, -0.05) is 20.3 Å². The Morgan fingerprint density at radius 3 is 2.57 bits per heavy atom. The molecule has 5 nitrogen and oxygen atoms in total. The van der Waals surface area contributed by atoms with Crippen molar-refractivity contribution in [3.8, 4) is 0 Å². The van der Waals surface area contributed by atoms with E-state index in [2.05, 4.69) is 23.9 Å². The predicted octanol–water partition coefficient (Wildman–Crippen LogP) is 1.72. The van der Waals surface area contributed by atoms with Crippen LogP contribution in [0.3, 0.4) is 0 Å². The summed E-state index contributed by atoms with van der Waals surface area (Å²) in [6, 6.07) is 0.686. The summed E-state index contributed by atoms with van der Waals surface area (Å²) >= 11 is 0. The smallest absolute Gasteiger partial charge is 0.279 e. The molecule has 21 heavy (non-hydrogen) atoms. The molecule has 0 aromatic carbocycles. The Labute approximate surface area is 130 Å². The predicted molar refractivity (Wildman–Crippen MR) is 86.3 cm³/mol. The molecule has 1 aliphatic heterocycles. The van der Waals surface area contributed by atoms with E-state index >= 15 is 0 Å². The first-order chi connectivity index (χ1) is 9.92. The molecule has 2 fully saturated rings. The van der Waals surface area contributed by atoms with Gasteiger partial charge in [-0.2, -0.15) is 17.4 Å². The van der Waals surface area contributed by atoms with Gasteiger partial charge in [-0.3, -0.25) is 0 Å². The lowest BCUT2D eigenvalue weighted by Crippen LogP contribution is -2.50. The number of hydrogen-bond donors (Lipinski definition) is 2. The zero-order valence-corrected chi connectivity index (χ0v) is 14.5. The molecule has 0 aromatic heterocycles. The summed E-state index contributed by atoms with van der Waals surface area (Å²) in [5.41, 5.74) is 0. The topological polar surface area (TPSA) is 61.4 Å². The van der Waals surface area contributed by atoms with Crippen LogP contribution in [0.5, 0.6) is 0 Å². The maximum Gasteiger partial charge on any atom is 0.279 e. The molecular weight excluding hydrogens is 286 g/mol. The lowest BCUT2D eigenvalue weighted by Gasteiger charge is -2.33. The molecule has 1 heterocycles. The van der Waals surface area contributed by atoms with Crippen molar-refractivity contribution in [3.05, 3.63) is 0 Å². The van der Waals surface area contributed by atoms with Gasteiger partial charge in [-0.05, 0) is 51.0 Å². The Bertz CT molecular complexity index is 423. The average molecular weight is 317 g/mol. The van der Waals surface area contributed by atoms with Crippen LogP contribution in [0, 0.1) is 11.8 Å². The fourth-order valence-corrected chi connectivity index (χ4v) is 4.44. The van der Waals surface area contributed by atoms with Gasteiger partial charge in [-0.15, -0.1) is 0 Å². The van der Waals surface area contributed by atoms with Gasteiger partial charge in [0.05, 0.1) is 0 Å². The molecule has 6 heteroatoms. The van der Waals surface area contributed by atoms with E-state index < -0.39 is 10.2 Å². The minimum absolute atomic E-state index is 0.00929. The van der Waals surface area contributed by atoms with Gasteiger partial charge in [-0.25, -0.2) is 0 Å². The molecule has 0 amide bonds. The van der Waals surface area contributed by atoms with Crippen molar-refractivity contribution in [1.29, 1.82) is 0 Å². The van der Waals surface area contributed by atoms with Crippen molar-refractivity contribution in [2.75, 3.05) is 19.6 Å². The van der Waals surface area contributed by atoms with Gasteiger partial charge >= 0.3 is 0 Å². The zero-order valence-electron chi connectivity index (χ0n) is 13.6. The standard InChI is InChI=1S/C15H31N3O2S/c1-4-12(2)13(3)17-21(19,20)18-9-5-6-14(11-18)10-16-15-7-8-15/h12-17H,4-11H2,1-3H3. The fraction of sp³-hybridized carbons (Fsp3) is 1.00. The van der Waals surface area contributed by atoms with Crippen LogP contribution < -0.4 is 10.0 Å². The molecule has 0 spiro atoms. The molecule has 2 aliphatic rings. The second kappa shape index (κ2) is 7.40. The molecule has 3 unspecified atom stereocenters. The van der Waals surface area contributed by atoms with E-state index in [-0.39, 0.29) is 6.04 Å². The summed E-state index contributed by atoms with van der Waals surface area (Å²) in [6.45, 7) is 8.41. The van der Waals surface area contributed by atoms with Gasteiger partial charge in [0.15, 0.2) is 0 Å². The van der Waals surface area contributed by atoms with Gasteiger partial charge in [0.25, 0.3) is 10.2 Å². The van der Waals surface area contributed by atoms with Crippen LogP contribution in [-0.2, 0) is 10.2 Å². The van der Waals surface area contributed by atoms with Crippen molar-refractivity contribution in [2.24, 2.45) is 11.8 Å². The van der Waals surface area contributed by atoms with Gasteiger partial charge in [0.1, 0.15) is 0 Å². The summed E-state index contributed by atoms with van der Waals surface area (Å²) in [4.78, 5) is 0. The van der Waals surface area contributed by atoms with E-state index in [1.165, 1.54) is 12.8 Å². The Morgan fingerprint density at radius 1 is 1.24 bits per heavy atom. The third-order valence-corrected chi connectivity index (χ3v) is 6.61. The molecule has 1 aliphatic carbocycles. The van der Waals surface area contributed by atoms with Crippen molar-refractivity contribution in [3.63, 3.8) is 0 Å². The lowest BCUT2D eigenvalue weighted by molar-refractivity contribution is 0.254. The summed E-state index contributed by atoms with van der Waals surface area (Å²) in [6.07, 6.45) is 5.64. The second-order valence-electron chi connectivity index (χ2n) is 6.85. The van der Waals surface area contributed by atoms with Crippen LogP contribution in [0.25, 0.3) is 0 Å². The van der Waals surface area contributed by atoms with Crippen LogP contribution in [-0.4, -0.2) is 44.4 Å². The maximum atomic E-state index is 12.5. The van der Waals surface area contributed by atoms with Crippen molar-refractivity contribution in [1.82, 2.24) is 14.3 Å². The first-order valence-electron chi connectivity index (χ1n) is 8.43. The van der Waals surface area contributed by atoms with E-state index in [0.717, 1.165) is 25.8 Å². The van der Waals surface area contributed by atoms with E-state index in [9.17, 15) is 8.42 Å². The highest BCUT2D eigenvalue weighted by molar-refractivity contribution is 7.87. The summed E-state index contributed by atoms with van der Waals surface area (Å²) in [7, 11) is -3.34. The number of nitrogens with one attached hydrogen (secondary N) is 2. The molecular formula is C15H31N3O2S. The number of nitrogens with zero attached hydrogens (tertiary/aromatic N) is 1. The van der Waals surface area contributed by atoms with Crippen molar-refractivity contribution >= 4 is 10.2 Å². The highest BCUT2D eigenvalue weighted by Gasteiger charge is 2.31. The number of piperidine rings is 1.